The van der Waals surface area contributed by atoms with Crippen LogP contribution in [0.25, 0.3) is 11.1 Å². The summed E-state index contributed by atoms with van der Waals surface area (Å²) in [5.74, 6) is -0.122. The lowest BCUT2D eigenvalue weighted by Crippen LogP contribution is -2.24. The van der Waals surface area contributed by atoms with E-state index in [9.17, 15) is 13.2 Å². The summed E-state index contributed by atoms with van der Waals surface area (Å²) in [6.07, 6.45) is 0.266. The largest absolute Gasteiger partial charge is 0.351 e. The minimum atomic E-state index is -3.69. The fourth-order valence-corrected chi connectivity index (χ4v) is 4.20. The Morgan fingerprint density at radius 2 is 1.58 bits per heavy atom. The van der Waals surface area contributed by atoms with Gasteiger partial charge >= 0.3 is 0 Å². The standard InChI is InChI=1S/C19H18N2O3S2/c20-26(23,24)19-11-10-17(25-19)13-21-18(22)12-14-6-8-16(9-7-14)15-4-2-1-3-5-15/h1-11H,12-13H2,(H,21,22)(H2,20,23,24). The Balaban J connectivity index is 1.56. The molecule has 0 saturated heterocycles. The fraction of sp³-hybridized carbons (Fsp3) is 0.105. The van der Waals surface area contributed by atoms with E-state index in [1.165, 1.54) is 6.07 Å². The van der Waals surface area contributed by atoms with Crippen molar-refractivity contribution in [3.05, 3.63) is 77.2 Å². The van der Waals surface area contributed by atoms with Gasteiger partial charge in [-0.2, -0.15) is 0 Å². The van der Waals surface area contributed by atoms with Crippen LogP contribution in [-0.4, -0.2) is 14.3 Å². The summed E-state index contributed by atoms with van der Waals surface area (Å²) in [4.78, 5) is 12.8. The third-order valence-electron chi connectivity index (χ3n) is 3.80. The van der Waals surface area contributed by atoms with Crippen molar-refractivity contribution >= 4 is 27.3 Å². The lowest BCUT2D eigenvalue weighted by atomic mass is 10.0. The second kappa shape index (κ2) is 7.82. The summed E-state index contributed by atoms with van der Waals surface area (Å²) in [5.41, 5.74) is 3.15. The van der Waals surface area contributed by atoms with Gasteiger partial charge in [-0.1, -0.05) is 54.6 Å². The first kappa shape index (κ1) is 18.3. The number of nitrogens with two attached hydrogens (primary N) is 1. The van der Waals surface area contributed by atoms with Gasteiger partial charge in [-0.15, -0.1) is 11.3 Å². The number of sulfonamides is 1. The molecule has 3 rings (SSSR count). The molecule has 0 fully saturated rings. The molecule has 0 unspecified atom stereocenters. The van der Waals surface area contributed by atoms with Crippen molar-refractivity contribution in [1.29, 1.82) is 0 Å². The van der Waals surface area contributed by atoms with E-state index in [0.717, 1.165) is 32.9 Å². The van der Waals surface area contributed by atoms with Gasteiger partial charge in [0, 0.05) is 4.88 Å². The van der Waals surface area contributed by atoms with Crippen LogP contribution in [0, 0.1) is 0 Å². The van der Waals surface area contributed by atoms with Crippen LogP contribution < -0.4 is 10.5 Å². The number of hydrogen-bond donors (Lipinski definition) is 2. The number of nitrogens with one attached hydrogen (secondary N) is 1. The number of amides is 1. The van der Waals surface area contributed by atoms with Gasteiger partial charge in [0.05, 0.1) is 13.0 Å². The number of carbonyl (C=O) groups excluding carboxylic acids is 1. The molecule has 0 bridgehead atoms. The highest BCUT2D eigenvalue weighted by atomic mass is 32.2. The zero-order valence-electron chi connectivity index (χ0n) is 13.9. The van der Waals surface area contributed by atoms with Gasteiger partial charge in [-0.25, -0.2) is 13.6 Å². The van der Waals surface area contributed by atoms with Crippen molar-refractivity contribution in [2.24, 2.45) is 5.14 Å². The first-order chi connectivity index (χ1) is 12.4. The predicted octanol–water partition coefficient (Wildman–Crippen LogP) is 2.92. The summed E-state index contributed by atoms with van der Waals surface area (Å²) in [6, 6.07) is 21.0. The zero-order valence-corrected chi connectivity index (χ0v) is 15.5. The maximum absolute atomic E-state index is 12.1. The van der Waals surface area contributed by atoms with Gasteiger partial charge in [-0.05, 0) is 28.8 Å². The maximum atomic E-state index is 12.1. The van der Waals surface area contributed by atoms with Crippen molar-refractivity contribution in [2.45, 2.75) is 17.2 Å². The van der Waals surface area contributed by atoms with E-state index in [-0.39, 0.29) is 23.1 Å². The predicted molar refractivity (Wildman–Crippen MR) is 103 cm³/mol. The second-order valence-corrected chi connectivity index (χ2v) is 8.74. The molecule has 3 N–H and O–H groups in total. The van der Waals surface area contributed by atoms with Crippen LogP contribution in [0.2, 0.25) is 0 Å². The molecule has 1 amide bonds. The van der Waals surface area contributed by atoms with Crippen LogP contribution in [-0.2, 0) is 27.8 Å². The monoisotopic (exact) mass is 386 g/mol. The minimum Gasteiger partial charge on any atom is -0.351 e. The highest BCUT2D eigenvalue weighted by molar-refractivity contribution is 7.91. The first-order valence-electron chi connectivity index (χ1n) is 7.94. The lowest BCUT2D eigenvalue weighted by molar-refractivity contribution is -0.120. The zero-order chi connectivity index (χ0) is 18.6. The van der Waals surface area contributed by atoms with Gasteiger partial charge in [0.2, 0.25) is 15.9 Å². The summed E-state index contributed by atoms with van der Waals surface area (Å²) in [5, 5.41) is 7.87. The second-order valence-electron chi connectivity index (χ2n) is 5.78. The third-order valence-corrected chi connectivity index (χ3v) is 6.33. The molecule has 0 aliphatic rings. The Morgan fingerprint density at radius 1 is 0.923 bits per heavy atom. The highest BCUT2D eigenvalue weighted by Gasteiger charge is 2.12. The molecular formula is C19H18N2O3S2. The molecule has 3 aromatic rings. The molecule has 2 aromatic carbocycles. The molecule has 0 atom stereocenters. The lowest BCUT2D eigenvalue weighted by Gasteiger charge is -2.06. The highest BCUT2D eigenvalue weighted by Crippen LogP contribution is 2.21. The number of benzene rings is 2. The molecule has 5 nitrogen and oxygen atoms in total. The van der Waals surface area contributed by atoms with E-state index in [2.05, 4.69) is 5.32 Å². The molecule has 7 heteroatoms. The molecular weight excluding hydrogens is 368 g/mol. The number of primary sulfonamides is 1. The van der Waals surface area contributed by atoms with Crippen LogP contribution in [0.5, 0.6) is 0 Å². The van der Waals surface area contributed by atoms with E-state index < -0.39 is 10.0 Å². The molecule has 1 heterocycles. The van der Waals surface area contributed by atoms with Gasteiger partial charge in [0.15, 0.2) is 0 Å². The van der Waals surface area contributed by atoms with Crippen LogP contribution >= 0.6 is 11.3 Å². The molecule has 1 aromatic heterocycles. The molecule has 26 heavy (non-hydrogen) atoms. The third kappa shape index (κ3) is 4.78. The molecule has 0 aliphatic heterocycles. The normalized spacial score (nSPS) is 11.3. The average Bonchev–Trinajstić information content (AvgIpc) is 3.11. The molecule has 0 aliphatic carbocycles. The van der Waals surface area contributed by atoms with Gasteiger partial charge in [0.25, 0.3) is 0 Å². The van der Waals surface area contributed by atoms with E-state index in [1.54, 1.807) is 6.07 Å². The minimum absolute atomic E-state index is 0.0956. The Bertz CT molecular complexity index is 995. The molecule has 0 saturated carbocycles. The maximum Gasteiger partial charge on any atom is 0.247 e. The summed E-state index contributed by atoms with van der Waals surface area (Å²) < 4.78 is 22.6. The van der Waals surface area contributed by atoms with Gasteiger partial charge < -0.3 is 5.32 Å². The van der Waals surface area contributed by atoms with Gasteiger partial charge in [-0.3, -0.25) is 4.79 Å². The SMILES string of the molecule is NS(=O)(=O)c1ccc(CNC(=O)Cc2ccc(-c3ccccc3)cc2)s1. The Morgan fingerprint density at radius 3 is 2.19 bits per heavy atom. The van der Waals surface area contributed by atoms with Crippen LogP contribution in [0.4, 0.5) is 0 Å². The van der Waals surface area contributed by atoms with Crippen LogP contribution in [0.15, 0.2) is 70.9 Å². The number of rotatable bonds is 6. The topological polar surface area (TPSA) is 89.3 Å². The first-order valence-corrected chi connectivity index (χ1v) is 10.3. The van der Waals surface area contributed by atoms with Gasteiger partial charge in [0.1, 0.15) is 4.21 Å². The van der Waals surface area contributed by atoms with Crippen molar-refractivity contribution in [1.82, 2.24) is 5.32 Å². The summed E-state index contributed by atoms with van der Waals surface area (Å²) in [6.45, 7) is 0.279. The van der Waals surface area contributed by atoms with Crippen molar-refractivity contribution in [3.8, 4) is 11.1 Å². The fourth-order valence-electron chi connectivity index (χ4n) is 2.49. The van der Waals surface area contributed by atoms with Crippen molar-refractivity contribution in [3.63, 3.8) is 0 Å². The Labute approximate surface area is 156 Å². The Hall–Kier alpha value is -2.48. The quantitative estimate of drug-likeness (QED) is 0.683. The summed E-state index contributed by atoms with van der Waals surface area (Å²) in [7, 11) is -3.69. The van der Waals surface area contributed by atoms with Crippen molar-refractivity contribution < 1.29 is 13.2 Å². The summed E-state index contributed by atoms with van der Waals surface area (Å²) >= 11 is 1.06. The number of hydrogen-bond acceptors (Lipinski definition) is 4. The average molecular weight is 386 g/mol. The van der Waals surface area contributed by atoms with Crippen LogP contribution in [0.1, 0.15) is 10.4 Å². The van der Waals surface area contributed by atoms with E-state index >= 15 is 0 Å². The number of thiophene rings is 1. The molecule has 0 radical (unpaired) electrons. The van der Waals surface area contributed by atoms with Crippen LogP contribution in [0.3, 0.4) is 0 Å². The molecule has 0 spiro atoms. The van der Waals surface area contributed by atoms with E-state index in [0.29, 0.717) is 0 Å². The smallest absolute Gasteiger partial charge is 0.247 e. The Kier molecular flexibility index (Phi) is 5.51. The molecule has 134 valence electrons. The van der Waals surface area contributed by atoms with E-state index in [4.69, 9.17) is 5.14 Å². The number of carbonyl (C=O) groups is 1. The van der Waals surface area contributed by atoms with E-state index in [1.807, 2.05) is 54.6 Å². The van der Waals surface area contributed by atoms with Crippen molar-refractivity contribution in [2.75, 3.05) is 0 Å².